The molecular weight excluding hydrogens is 334 g/mol. The standard InChI is InChI=1S/C15H21N3O5S/c1-10(15(22)23)18(8-7-16-11(2)19)13(20)5-6-17-14(21)12-4-3-9-24-12/h3-4,9-10H,5-8H2,1-2H3,(H,16,19)(H,17,21)(H,22,23). The Labute approximate surface area is 143 Å². The van der Waals surface area contributed by atoms with Crippen molar-refractivity contribution in [1.29, 1.82) is 0 Å². The fourth-order valence-corrected chi connectivity index (χ4v) is 2.58. The molecule has 3 amide bonds. The predicted octanol–water partition coefficient (Wildman–Crippen LogP) is 0.306. The van der Waals surface area contributed by atoms with E-state index in [-0.39, 0.29) is 37.9 Å². The number of carboxylic acid groups (broad SMARTS) is 1. The Bertz CT molecular complexity index is 588. The zero-order valence-corrected chi connectivity index (χ0v) is 14.4. The number of carboxylic acids is 1. The lowest BCUT2D eigenvalue weighted by Gasteiger charge is -2.26. The van der Waals surface area contributed by atoms with Gasteiger partial charge in [-0.15, -0.1) is 11.3 Å². The van der Waals surface area contributed by atoms with Crippen LogP contribution in [0.5, 0.6) is 0 Å². The average molecular weight is 355 g/mol. The van der Waals surface area contributed by atoms with Crippen molar-refractivity contribution in [2.24, 2.45) is 0 Å². The van der Waals surface area contributed by atoms with Crippen LogP contribution < -0.4 is 10.6 Å². The molecule has 0 aromatic carbocycles. The van der Waals surface area contributed by atoms with Gasteiger partial charge in [0.15, 0.2) is 0 Å². The summed E-state index contributed by atoms with van der Waals surface area (Å²) in [5.74, 6) is -2.06. The second-order valence-corrected chi connectivity index (χ2v) is 6.02. The molecule has 1 atom stereocenters. The van der Waals surface area contributed by atoms with E-state index in [4.69, 9.17) is 5.11 Å². The van der Waals surface area contributed by atoms with Crippen LogP contribution in [0, 0.1) is 0 Å². The smallest absolute Gasteiger partial charge is 0.326 e. The number of nitrogens with zero attached hydrogens (tertiary/aromatic N) is 1. The first-order valence-electron chi connectivity index (χ1n) is 7.41. The molecule has 3 N–H and O–H groups in total. The molecule has 1 aromatic rings. The lowest BCUT2D eigenvalue weighted by molar-refractivity contribution is -0.149. The van der Waals surface area contributed by atoms with Crippen molar-refractivity contribution >= 4 is 35.0 Å². The van der Waals surface area contributed by atoms with Crippen LogP contribution in [0.2, 0.25) is 0 Å². The van der Waals surface area contributed by atoms with Gasteiger partial charge >= 0.3 is 5.97 Å². The van der Waals surface area contributed by atoms with Crippen molar-refractivity contribution < 1.29 is 24.3 Å². The highest BCUT2D eigenvalue weighted by molar-refractivity contribution is 7.12. The monoisotopic (exact) mass is 355 g/mol. The molecule has 1 heterocycles. The first-order chi connectivity index (χ1) is 11.3. The second kappa shape index (κ2) is 9.66. The summed E-state index contributed by atoms with van der Waals surface area (Å²) in [7, 11) is 0. The lowest BCUT2D eigenvalue weighted by atomic mass is 10.2. The lowest BCUT2D eigenvalue weighted by Crippen LogP contribution is -2.47. The van der Waals surface area contributed by atoms with Crippen molar-refractivity contribution in [1.82, 2.24) is 15.5 Å². The van der Waals surface area contributed by atoms with Gasteiger partial charge in [0, 0.05) is 33.0 Å². The second-order valence-electron chi connectivity index (χ2n) is 5.07. The van der Waals surface area contributed by atoms with E-state index >= 15 is 0 Å². The zero-order chi connectivity index (χ0) is 18.1. The van der Waals surface area contributed by atoms with Crippen LogP contribution in [-0.4, -0.2) is 59.4 Å². The van der Waals surface area contributed by atoms with E-state index in [2.05, 4.69) is 10.6 Å². The molecular formula is C15H21N3O5S. The first-order valence-corrected chi connectivity index (χ1v) is 8.29. The van der Waals surface area contributed by atoms with Gasteiger partial charge in [0.05, 0.1) is 4.88 Å². The SMILES string of the molecule is CC(=O)NCCN(C(=O)CCNC(=O)c1cccs1)C(C)C(=O)O. The molecule has 132 valence electrons. The summed E-state index contributed by atoms with van der Waals surface area (Å²) in [6.45, 7) is 3.11. The number of aliphatic carboxylic acids is 1. The summed E-state index contributed by atoms with van der Waals surface area (Å²) in [6.07, 6.45) is -0.0190. The Kier molecular flexibility index (Phi) is 7.90. The average Bonchev–Trinajstić information content (AvgIpc) is 3.04. The minimum Gasteiger partial charge on any atom is -0.480 e. The van der Waals surface area contributed by atoms with Gasteiger partial charge in [0.25, 0.3) is 5.91 Å². The highest BCUT2D eigenvalue weighted by Crippen LogP contribution is 2.08. The van der Waals surface area contributed by atoms with Gasteiger partial charge in [-0.1, -0.05) is 6.07 Å². The van der Waals surface area contributed by atoms with Crippen LogP contribution in [0.3, 0.4) is 0 Å². The maximum Gasteiger partial charge on any atom is 0.326 e. The Morgan fingerprint density at radius 3 is 2.50 bits per heavy atom. The quantitative estimate of drug-likeness (QED) is 0.589. The number of hydrogen-bond donors (Lipinski definition) is 3. The van der Waals surface area contributed by atoms with Crippen LogP contribution in [0.25, 0.3) is 0 Å². The van der Waals surface area contributed by atoms with Gasteiger partial charge < -0.3 is 20.6 Å². The molecule has 1 unspecified atom stereocenters. The van der Waals surface area contributed by atoms with Crippen LogP contribution in [0.15, 0.2) is 17.5 Å². The summed E-state index contributed by atoms with van der Waals surface area (Å²) in [5, 5.41) is 16.0. The van der Waals surface area contributed by atoms with Crippen molar-refractivity contribution in [2.75, 3.05) is 19.6 Å². The van der Waals surface area contributed by atoms with Gasteiger partial charge in [-0.3, -0.25) is 14.4 Å². The third kappa shape index (κ3) is 6.37. The van der Waals surface area contributed by atoms with Crippen LogP contribution >= 0.6 is 11.3 Å². The van der Waals surface area contributed by atoms with E-state index in [9.17, 15) is 19.2 Å². The molecule has 0 aliphatic carbocycles. The van der Waals surface area contributed by atoms with Crippen LogP contribution in [0.4, 0.5) is 0 Å². The third-order valence-electron chi connectivity index (χ3n) is 3.24. The molecule has 0 saturated heterocycles. The molecule has 8 nitrogen and oxygen atoms in total. The van der Waals surface area contributed by atoms with Crippen molar-refractivity contribution in [2.45, 2.75) is 26.3 Å². The summed E-state index contributed by atoms with van der Waals surface area (Å²) < 4.78 is 0. The van der Waals surface area contributed by atoms with Crippen LogP contribution in [-0.2, 0) is 14.4 Å². The Morgan fingerprint density at radius 2 is 1.96 bits per heavy atom. The zero-order valence-electron chi connectivity index (χ0n) is 13.6. The maximum atomic E-state index is 12.2. The molecule has 0 spiro atoms. The fourth-order valence-electron chi connectivity index (χ4n) is 1.94. The Balaban J connectivity index is 2.52. The van der Waals surface area contributed by atoms with E-state index in [0.29, 0.717) is 4.88 Å². The maximum absolute atomic E-state index is 12.2. The number of thiophene rings is 1. The Hall–Kier alpha value is -2.42. The summed E-state index contributed by atoms with van der Waals surface area (Å²) in [5.41, 5.74) is 0. The van der Waals surface area contributed by atoms with Gasteiger partial charge in [-0.2, -0.15) is 0 Å². The van der Waals surface area contributed by atoms with Gasteiger partial charge in [0.2, 0.25) is 11.8 Å². The normalized spacial score (nSPS) is 11.4. The summed E-state index contributed by atoms with van der Waals surface area (Å²) >= 11 is 1.29. The number of carbonyl (C=O) groups excluding carboxylic acids is 3. The van der Waals surface area contributed by atoms with Crippen molar-refractivity contribution in [3.63, 3.8) is 0 Å². The summed E-state index contributed by atoms with van der Waals surface area (Å²) in [6, 6.07) is 2.41. The number of amides is 3. The molecule has 0 bridgehead atoms. The number of hydrogen-bond acceptors (Lipinski definition) is 5. The molecule has 1 rings (SSSR count). The third-order valence-corrected chi connectivity index (χ3v) is 4.11. The largest absolute Gasteiger partial charge is 0.480 e. The number of rotatable bonds is 9. The minimum absolute atomic E-state index is 0.0190. The predicted molar refractivity (Wildman–Crippen MR) is 88.8 cm³/mol. The van der Waals surface area contributed by atoms with Crippen molar-refractivity contribution in [3.8, 4) is 0 Å². The summed E-state index contributed by atoms with van der Waals surface area (Å²) in [4.78, 5) is 47.7. The van der Waals surface area contributed by atoms with E-state index in [1.165, 1.54) is 30.1 Å². The van der Waals surface area contributed by atoms with E-state index in [1.807, 2.05) is 0 Å². The highest BCUT2D eigenvalue weighted by Gasteiger charge is 2.25. The fraction of sp³-hybridized carbons (Fsp3) is 0.467. The van der Waals surface area contributed by atoms with Crippen LogP contribution in [0.1, 0.15) is 29.9 Å². The van der Waals surface area contributed by atoms with Crippen molar-refractivity contribution in [3.05, 3.63) is 22.4 Å². The molecule has 24 heavy (non-hydrogen) atoms. The van der Waals surface area contributed by atoms with Gasteiger partial charge in [0.1, 0.15) is 6.04 Å². The van der Waals surface area contributed by atoms with Gasteiger partial charge in [-0.25, -0.2) is 4.79 Å². The van der Waals surface area contributed by atoms with E-state index in [1.54, 1.807) is 17.5 Å². The number of nitrogens with one attached hydrogen (secondary N) is 2. The molecule has 0 radical (unpaired) electrons. The molecule has 0 aliphatic heterocycles. The molecule has 9 heteroatoms. The minimum atomic E-state index is -1.13. The molecule has 0 aliphatic rings. The molecule has 0 saturated carbocycles. The molecule has 1 aromatic heterocycles. The Morgan fingerprint density at radius 1 is 1.25 bits per heavy atom. The number of carbonyl (C=O) groups is 4. The van der Waals surface area contributed by atoms with Gasteiger partial charge in [-0.05, 0) is 18.4 Å². The highest BCUT2D eigenvalue weighted by atomic mass is 32.1. The van der Waals surface area contributed by atoms with E-state index in [0.717, 1.165) is 0 Å². The molecule has 0 fully saturated rings. The van der Waals surface area contributed by atoms with E-state index < -0.39 is 17.9 Å². The topological polar surface area (TPSA) is 116 Å². The first kappa shape index (κ1) is 19.6.